The first-order chi connectivity index (χ1) is 13.6. The third-order valence-electron chi connectivity index (χ3n) is 3.92. The van der Waals surface area contributed by atoms with E-state index in [1.165, 1.54) is 0 Å². The molecular formula is C18H32N4O6S. The van der Waals surface area contributed by atoms with Crippen LogP contribution in [0.25, 0.3) is 0 Å². The summed E-state index contributed by atoms with van der Waals surface area (Å²) >= 11 is 4.49. The minimum atomic E-state index is -1.21. The topological polar surface area (TPSA) is 157 Å². The number of aliphatic hydroxyl groups is 1. The number of carbonyl (C=O) groups excluding carboxylic acids is 3. The summed E-state index contributed by atoms with van der Waals surface area (Å²) in [6, 6.07) is -1.30. The van der Waals surface area contributed by atoms with Crippen molar-refractivity contribution < 1.29 is 29.4 Å². The molecule has 2 unspecified atom stereocenters. The molecule has 0 aromatic rings. The molecule has 166 valence electrons. The van der Waals surface area contributed by atoms with E-state index in [4.69, 9.17) is 5.11 Å². The van der Waals surface area contributed by atoms with E-state index < -0.39 is 24.5 Å². The molecule has 11 heteroatoms. The quantitative estimate of drug-likeness (QED) is 0.115. The van der Waals surface area contributed by atoms with Crippen molar-refractivity contribution in [3.63, 3.8) is 0 Å². The zero-order valence-electron chi connectivity index (χ0n) is 16.7. The minimum absolute atomic E-state index is 0.164. The Morgan fingerprint density at radius 3 is 2.28 bits per heavy atom. The van der Waals surface area contributed by atoms with E-state index in [-0.39, 0.29) is 35.8 Å². The van der Waals surface area contributed by atoms with Crippen LogP contribution in [0.5, 0.6) is 0 Å². The Morgan fingerprint density at radius 1 is 1.03 bits per heavy atom. The van der Waals surface area contributed by atoms with Crippen LogP contribution >= 0.6 is 12.6 Å². The smallest absolute Gasteiger partial charge is 0.322 e. The molecule has 0 aromatic carbocycles. The number of unbranched alkanes of at least 4 members (excludes halogenated alkanes) is 1. The molecule has 0 aliphatic carbocycles. The van der Waals surface area contributed by atoms with E-state index in [0.717, 1.165) is 25.7 Å². The molecule has 0 spiro atoms. The van der Waals surface area contributed by atoms with Crippen LogP contribution in [0.4, 0.5) is 4.79 Å². The number of aliphatic hydroxyl groups excluding tert-OH is 1. The molecule has 0 aliphatic rings. The highest BCUT2D eigenvalue weighted by Crippen LogP contribution is 2.14. The molecule has 0 rings (SSSR count). The average Bonchev–Trinajstić information content (AvgIpc) is 2.65. The van der Waals surface area contributed by atoms with Gasteiger partial charge in [-0.1, -0.05) is 13.0 Å². The first kappa shape index (κ1) is 26.6. The van der Waals surface area contributed by atoms with Gasteiger partial charge in [0, 0.05) is 31.7 Å². The number of carbonyl (C=O) groups is 4. The third kappa shape index (κ3) is 15.2. The van der Waals surface area contributed by atoms with Crippen LogP contribution in [0.15, 0.2) is 12.3 Å². The van der Waals surface area contributed by atoms with Gasteiger partial charge < -0.3 is 31.5 Å². The monoisotopic (exact) mass is 432 g/mol. The van der Waals surface area contributed by atoms with E-state index in [9.17, 15) is 24.3 Å². The minimum Gasteiger partial charge on any atom is -0.513 e. The summed E-state index contributed by atoms with van der Waals surface area (Å²) in [5.74, 6) is -2.56. The van der Waals surface area contributed by atoms with Gasteiger partial charge in [-0.05, 0) is 25.7 Å². The van der Waals surface area contributed by atoms with Crippen molar-refractivity contribution in [1.82, 2.24) is 21.3 Å². The number of aliphatic carboxylic acids is 1. The van der Waals surface area contributed by atoms with Gasteiger partial charge in [-0.2, -0.15) is 12.6 Å². The predicted molar refractivity (Wildman–Crippen MR) is 112 cm³/mol. The van der Waals surface area contributed by atoms with Crippen molar-refractivity contribution in [1.29, 1.82) is 0 Å². The van der Waals surface area contributed by atoms with Crippen LogP contribution in [-0.2, 0) is 14.4 Å². The van der Waals surface area contributed by atoms with Crippen LogP contribution in [0.3, 0.4) is 0 Å². The summed E-state index contributed by atoms with van der Waals surface area (Å²) in [5.41, 5.74) is 0. The Balaban J connectivity index is 4.10. The summed E-state index contributed by atoms with van der Waals surface area (Å²) in [7, 11) is 1.55. The lowest BCUT2D eigenvalue weighted by Crippen LogP contribution is -2.48. The number of nitrogens with one attached hydrogen (secondary N) is 4. The van der Waals surface area contributed by atoms with Gasteiger partial charge in [-0.3, -0.25) is 14.4 Å². The molecule has 0 fully saturated rings. The van der Waals surface area contributed by atoms with Gasteiger partial charge in [0.05, 0.1) is 5.76 Å². The molecule has 10 nitrogen and oxygen atoms in total. The van der Waals surface area contributed by atoms with Gasteiger partial charge in [-0.15, -0.1) is 0 Å². The molecular weight excluding hydrogens is 400 g/mol. The van der Waals surface area contributed by atoms with Crippen LogP contribution < -0.4 is 21.3 Å². The number of carboxylic acid groups (broad SMARTS) is 1. The zero-order valence-corrected chi connectivity index (χ0v) is 17.6. The summed E-state index contributed by atoms with van der Waals surface area (Å²) in [5, 5.41) is 27.9. The molecule has 2 atom stereocenters. The molecule has 29 heavy (non-hydrogen) atoms. The van der Waals surface area contributed by atoms with Crippen LogP contribution in [0, 0.1) is 0 Å². The molecule has 0 bridgehead atoms. The van der Waals surface area contributed by atoms with Crippen molar-refractivity contribution in [3.05, 3.63) is 12.3 Å². The maximum Gasteiger partial charge on any atom is 0.322 e. The van der Waals surface area contributed by atoms with Crippen molar-refractivity contribution in [3.8, 4) is 0 Å². The molecule has 0 aliphatic heterocycles. The molecule has 0 aromatic heterocycles. The third-order valence-corrected chi connectivity index (χ3v) is 4.44. The number of amides is 4. The highest BCUT2D eigenvalue weighted by Gasteiger charge is 2.22. The van der Waals surface area contributed by atoms with Crippen LogP contribution in [-0.4, -0.2) is 65.5 Å². The van der Waals surface area contributed by atoms with Gasteiger partial charge in [-0.25, -0.2) is 4.79 Å². The van der Waals surface area contributed by atoms with E-state index in [1.807, 2.05) is 0 Å². The van der Waals surface area contributed by atoms with E-state index in [2.05, 4.69) is 40.5 Å². The van der Waals surface area contributed by atoms with Gasteiger partial charge in [0.2, 0.25) is 11.8 Å². The average molecular weight is 433 g/mol. The highest BCUT2D eigenvalue weighted by atomic mass is 32.1. The SMILES string of the molecule is C=C(O)CC(NC(=O)CCCCC(S)CCCNC(=O)NC)C(=O)NCC(=O)O. The van der Waals surface area contributed by atoms with Crippen molar-refractivity contribution in [2.45, 2.75) is 56.2 Å². The molecule has 6 N–H and O–H groups in total. The second kappa shape index (κ2) is 15.5. The molecule has 0 heterocycles. The maximum absolute atomic E-state index is 12.0. The van der Waals surface area contributed by atoms with Gasteiger partial charge in [0.15, 0.2) is 0 Å². The van der Waals surface area contributed by atoms with Crippen molar-refractivity contribution in [2.24, 2.45) is 0 Å². The zero-order chi connectivity index (χ0) is 22.2. The second-order valence-corrected chi connectivity index (χ2v) is 7.28. The normalized spacial score (nSPS) is 12.3. The van der Waals surface area contributed by atoms with Crippen molar-refractivity contribution in [2.75, 3.05) is 20.1 Å². The number of carboxylic acids is 1. The van der Waals surface area contributed by atoms with E-state index in [0.29, 0.717) is 13.0 Å². The number of thiol groups is 1. The summed E-state index contributed by atoms with van der Waals surface area (Å²) in [6.45, 7) is 3.28. The van der Waals surface area contributed by atoms with E-state index in [1.54, 1.807) is 7.05 Å². The van der Waals surface area contributed by atoms with Crippen LogP contribution in [0.2, 0.25) is 0 Å². The molecule has 0 saturated heterocycles. The number of urea groups is 1. The first-order valence-electron chi connectivity index (χ1n) is 9.45. The fourth-order valence-electron chi connectivity index (χ4n) is 2.44. The Morgan fingerprint density at radius 2 is 1.69 bits per heavy atom. The highest BCUT2D eigenvalue weighted by molar-refractivity contribution is 7.80. The fraction of sp³-hybridized carbons (Fsp3) is 0.667. The lowest BCUT2D eigenvalue weighted by atomic mass is 10.1. The Hall–Kier alpha value is -2.43. The standard InChI is InChI=1S/C18H32N4O6S/c1-12(23)10-14(17(27)21-11-16(25)26)22-15(24)8-4-3-6-13(29)7-5-9-20-18(28)19-2/h13-14,23,29H,1,3-11H2,2H3,(H,21,27)(H,22,24)(H,25,26)(H2,19,20,28). The molecule has 4 amide bonds. The summed E-state index contributed by atoms with van der Waals surface area (Å²) in [4.78, 5) is 45.5. The Bertz CT molecular complexity index is 573. The fourth-order valence-corrected chi connectivity index (χ4v) is 2.80. The van der Waals surface area contributed by atoms with Gasteiger partial charge in [0.25, 0.3) is 0 Å². The summed E-state index contributed by atoms with van der Waals surface area (Å²) < 4.78 is 0. The lowest BCUT2D eigenvalue weighted by Gasteiger charge is -2.17. The molecule has 0 radical (unpaired) electrons. The predicted octanol–water partition coefficient (Wildman–Crippen LogP) is 0.702. The Kier molecular flexibility index (Phi) is 14.2. The first-order valence-corrected chi connectivity index (χ1v) is 9.96. The van der Waals surface area contributed by atoms with Crippen LogP contribution in [0.1, 0.15) is 44.9 Å². The van der Waals surface area contributed by atoms with Crippen molar-refractivity contribution >= 4 is 36.4 Å². The van der Waals surface area contributed by atoms with Gasteiger partial charge in [0.1, 0.15) is 12.6 Å². The molecule has 0 saturated carbocycles. The van der Waals surface area contributed by atoms with E-state index >= 15 is 0 Å². The number of hydrogen-bond acceptors (Lipinski definition) is 6. The Labute approximate surface area is 176 Å². The lowest BCUT2D eigenvalue weighted by molar-refractivity contribution is -0.138. The maximum atomic E-state index is 12.0. The van der Waals surface area contributed by atoms with Gasteiger partial charge >= 0.3 is 12.0 Å². The summed E-state index contributed by atoms with van der Waals surface area (Å²) in [6.07, 6.45) is 3.83. The number of rotatable bonds is 15. The largest absolute Gasteiger partial charge is 0.513 e. The number of hydrogen-bond donors (Lipinski definition) is 7. The second-order valence-electron chi connectivity index (χ2n) is 6.55.